The van der Waals surface area contributed by atoms with Gasteiger partial charge in [-0.05, 0) is 12.8 Å². The lowest BCUT2D eigenvalue weighted by atomic mass is 10.3. The number of methoxy groups -OCH3 is 2. The molecule has 0 aromatic heterocycles. The molecule has 0 heterocycles. The van der Waals surface area contributed by atoms with E-state index >= 15 is 0 Å². The van der Waals surface area contributed by atoms with Crippen molar-refractivity contribution >= 4 is 0 Å². The van der Waals surface area contributed by atoms with Crippen LogP contribution in [0.5, 0.6) is 0 Å². The zero-order valence-electron chi connectivity index (χ0n) is 10.1. The Labute approximate surface area is 92.0 Å². The minimum atomic E-state index is -0.174. The first-order valence-corrected chi connectivity index (χ1v) is 5.19. The van der Waals surface area contributed by atoms with Gasteiger partial charge < -0.3 is 18.9 Å². The number of hydrogen-bond acceptors (Lipinski definition) is 4. The van der Waals surface area contributed by atoms with Gasteiger partial charge in [0.25, 0.3) is 0 Å². The maximum Gasteiger partial charge on any atom is 0.148 e. The SMILES string of the molecule is CCC([N]C(CC)OCOC)OCOC. The van der Waals surface area contributed by atoms with Crippen LogP contribution >= 0.6 is 0 Å². The third kappa shape index (κ3) is 7.70. The summed E-state index contributed by atoms with van der Waals surface area (Å²) in [6, 6.07) is 0. The fraction of sp³-hybridized carbons (Fsp3) is 1.00. The molecule has 0 aliphatic heterocycles. The highest BCUT2D eigenvalue weighted by Crippen LogP contribution is 2.03. The second-order valence-electron chi connectivity index (χ2n) is 3.02. The molecule has 0 fully saturated rings. The van der Waals surface area contributed by atoms with E-state index in [4.69, 9.17) is 18.9 Å². The van der Waals surface area contributed by atoms with Crippen molar-refractivity contribution in [2.45, 2.75) is 39.1 Å². The van der Waals surface area contributed by atoms with E-state index in [0.29, 0.717) is 0 Å². The van der Waals surface area contributed by atoms with Gasteiger partial charge in [0.1, 0.15) is 26.0 Å². The summed E-state index contributed by atoms with van der Waals surface area (Å²) in [5, 5.41) is 4.38. The van der Waals surface area contributed by atoms with Crippen LogP contribution in [0.4, 0.5) is 0 Å². The van der Waals surface area contributed by atoms with Crippen molar-refractivity contribution in [1.82, 2.24) is 5.32 Å². The van der Waals surface area contributed by atoms with Crippen molar-refractivity contribution in [3.8, 4) is 0 Å². The number of rotatable bonds is 10. The van der Waals surface area contributed by atoms with E-state index in [2.05, 4.69) is 5.32 Å². The van der Waals surface area contributed by atoms with Gasteiger partial charge in [-0.1, -0.05) is 13.8 Å². The molecule has 15 heavy (non-hydrogen) atoms. The lowest BCUT2D eigenvalue weighted by molar-refractivity contribution is -0.135. The van der Waals surface area contributed by atoms with E-state index in [1.54, 1.807) is 14.2 Å². The highest BCUT2D eigenvalue weighted by molar-refractivity contribution is 4.56. The highest BCUT2D eigenvalue weighted by atomic mass is 16.7. The van der Waals surface area contributed by atoms with Crippen molar-refractivity contribution in [3.05, 3.63) is 0 Å². The monoisotopic (exact) mass is 220 g/mol. The molecule has 0 aliphatic rings. The molecule has 0 aromatic carbocycles. The van der Waals surface area contributed by atoms with Crippen LogP contribution < -0.4 is 5.32 Å². The molecule has 0 bridgehead atoms. The van der Waals surface area contributed by atoms with Gasteiger partial charge in [-0.3, -0.25) is 0 Å². The molecule has 0 aliphatic carbocycles. The van der Waals surface area contributed by atoms with Crippen LogP contribution in [0.3, 0.4) is 0 Å². The lowest BCUT2D eigenvalue weighted by Crippen LogP contribution is -2.35. The van der Waals surface area contributed by atoms with Crippen LogP contribution in [0.2, 0.25) is 0 Å². The maximum atomic E-state index is 5.34. The van der Waals surface area contributed by atoms with Crippen molar-refractivity contribution in [2.24, 2.45) is 0 Å². The molecule has 0 rings (SSSR count). The van der Waals surface area contributed by atoms with Crippen molar-refractivity contribution < 1.29 is 18.9 Å². The Hall–Kier alpha value is -0.200. The van der Waals surface area contributed by atoms with E-state index in [-0.39, 0.29) is 26.0 Å². The Morgan fingerprint density at radius 3 is 1.53 bits per heavy atom. The van der Waals surface area contributed by atoms with Crippen molar-refractivity contribution in [3.63, 3.8) is 0 Å². The van der Waals surface area contributed by atoms with E-state index < -0.39 is 0 Å². The largest absolute Gasteiger partial charge is 0.359 e. The molecule has 0 saturated heterocycles. The van der Waals surface area contributed by atoms with Crippen LogP contribution in [-0.2, 0) is 18.9 Å². The predicted molar refractivity (Wildman–Crippen MR) is 56.2 cm³/mol. The molecule has 91 valence electrons. The summed E-state index contributed by atoms with van der Waals surface area (Å²) in [5.41, 5.74) is 0. The van der Waals surface area contributed by atoms with E-state index in [1.165, 1.54) is 0 Å². The van der Waals surface area contributed by atoms with Crippen LogP contribution in [0, 0.1) is 0 Å². The molecule has 0 spiro atoms. The minimum Gasteiger partial charge on any atom is -0.359 e. The zero-order valence-corrected chi connectivity index (χ0v) is 10.1. The molecular weight excluding hydrogens is 198 g/mol. The Bertz CT molecular complexity index is 121. The van der Waals surface area contributed by atoms with Crippen molar-refractivity contribution in [2.75, 3.05) is 27.8 Å². The van der Waals surface area contributed by atoms with Crippen LogP contribution in [0.15, 0.2) is 0 Å². The third-order valence-corrected chi connectivity index (χ3v) is 1.79. The quantitative estimate of drug-likeness (QED) is 0.521. The Kier molecular flexibility index (Phi) is 10.2. The summed E-state index contributed by atoms with van der Waals surface area (Å²) >= 11 is 0. The summed E-state index contributed by atoms with van der Waals surface area (Å²) in [6.45, 7) is 4.52. The average molecular weight is 220 g/mol. The molecule has 0 aromatic rings. The summed E-state index contributed by atoms with van der Waals surface area (Å²) in [6.07, 6.45) is 1.25. The van der Waals surface area contributed by atoms with Gasteiger partial charge in [0.05, 0.1) is 0 Å². The number of nitrogens with zero attached hydrogens (tertiary/aromatic N) is 1. The molecule has 5 nitrogen and oxygen atoms in total. The van der Waals surface area contributed by atoms with Gasteiger partial charge in [-0.25, -0.2) is 0 Å². The first kappa shape index (κ1) is 14.8. The highest BCUT2D eigenvalue weighted by Gasteiger charge is 2.14. The van der Waals surface area contributed by atoms with E-state index in [9.17, 15) is 0 Å². The Balaban J connectivity index is 3.77. The van der Waals surface area contributed by atoms with Gasteiger partial charge in [0, 0.05) is 14.2 Å². The van der Waals surface area contributed by atoms with Crippen LogP contribution in [0.25, 0.3) is 0 Å². The fourth-order valence-corrected chi connectivity index (χ4v) is 1.01. The fourth-order valence-electron chi connectivity index (χ4n) is 1.01. The average Bonchev–Trinajstić information content (AvgIpc) is 2.28. The first-order chi connectivity index (χ1) is 7.28. The van der Waals surface area contributed by atoms with E-state index in [0.717, 1.165) is 12.8 Å². The van der Waals surface area contributed by atoms with E-state index in [1.807, 2.05) is 13.8 Å². The van der Waals surface area contributed by atoms with Gasteiger partial charge >= 0.3 is 0 Å². The molecule has 0 saturated carbocycles. The van der Waals surface area contributed by atoms with Gasteiger partial charge in [0.15, 0.2) is 0 Å². The van der Waals surface area contributed by atoms with Crippen molar-refractivity contribution in [1.29, 1.82) is 0 Å². The standard InChI is InChI=1S/C10H22NO4/c1-5-9(14-7-12-3)11-10(6-2)15-8-13-4/h9-10H,5-8H2,1-4H3. The Morgan fingerprint density at radius 2 is 1.27 bits per heavy atom. The van der Waals surface area contributed by atoms with Crippen LogP contribution in [0.1, 0.15) is 26.7 Å². The third-order valence-electron chi connectivity index (χ3n) is 1.79. The Morgan fingerprint density at radius 1 is 0.867 bits per heavy atom. The molecule has 2 unspecified atom stereocenters. The summed E-state index contributed by atoms with van der Waals surface area (Å²) in [5.74, 6) is 0. The summed E-state index contributed by atoms with van der Waals surface area (Å²) < 4.78 is 20.3. The smallest absolute Gasteiger partial charge is 0.148 e. The second-order valence-corrected chi connectivity index (χ2v) is 3.02. The summed E-state index contributed by atoms with van der Waals surface area (Å²) in [4.78, 5) is 0. The normalized spacial score (nSPS) is 15.2. The number of ether oxygens (including phenoxy) is 4. The van der Waals surface area contributed by atoms with Crippen LogP contribution in [-0.4, -0.2) is 40.3 Å². The zero-order chi connectivity index (χ0) is 11.5. The predicted octanol–water partition coefficient (Wildman–Crippen LogP) is 1.30. The molecule has 0 N–H and O–H groups in total. The second kappa shape index (κ2) is 10.3. The summed E-state index contributed by atoms with van der Waals surface area (Å²) in [7, 11) is 3.18. The number of hydrogen-bond donors (Lipinski definition) is 0. The lowest BCUT2D eigenvalue weighted by Gasteiger charge is -2.21. The molecule has 1 radical (unpaired) electrons. The minimum absolute atomic E-state index is 0.174. The molecule has 0 amide bonds. The first-order valence-electron chi connectivity index (χ1n) is 5.19. The molecular formula is C10H22NO4. The maximum absolute atomic E-state index is 5.34. The topological polar surface area (TPSA) is 51.0 Å². The van der Waals surface area contributed by atoms with Gasteiger partial charge in [-0.2, -0.15) is 5.32 Å². The van der Waals surface area contributed by atoms with Gasteiger partial charge in [-0.15, -0.1) is 0 Å². The molecule has 5 heteroatoms. The molecule has 2 atom stereocenters. The van der Waals surface area contributed by atoms with Gasteiger partial charge in [0.2, 0.25) is 0 Å².